The Labute approximate surface area is 544 Å². The van der Waals surface area contributed by atoms with E-state index in [0.29, 0.717) is 41.0 Å². The standard InChI is InChI=1S/C47H31NO3.C40H29NO2/c49-46-42-27-35-15-9-10-16-36(35)28-43(42)47(50)44(46)24-32-23-37-20-22-40(29-41(37)45(25-32)51-30-31-11-3-1-4-12-31)48(38-17-5-2-6-18-38)39-21-19-33-13-7-8-14-34(33)26-39;1-24-7-15-31(16-8-24)41(32-17-9-25(2)10-18-32)33-22-29-13-11-27-19-26(20-28-12-14-30(23-33)38(29)37(27)28)21-36-39(42)34-5-3-4-6-35(34)40(36)43/h1-29H,30H2;3-13,15-19,21-23H,14,20H2,1-2H3. The molecule has 13 aromatic carbocycles. The van der Waals surface area contributed by atoms with Gasteiger partial charge in [0.1, 0.15) is 12.4 Å². The van der Waals surface area contributed by atoms with Crippen LogP contribution in [0.2, 0.25) is 0 Å². The number of hydrogen-bond acceptors (Lipinski definition) is 7. The van der Waals surface area contributed by atoms with Crippen molar-refractivity contribution in [3.63, 3.8) is 0 Å². The van der Waals surface area contributed by atoms with E-state index in [2.05, 4.69) is 181 Å². The summed E-state index contributed by atoms with van der Waals surface area (Å²) in [6.07, 6.45) is 9.54. The summed E-state index contributed by atoms with van der Waals surface area (Å²) in [5, 5.41) is 8.58. The molecule has 4 aliphatic carbocycles. The van der Waals surface area contributed by atoms with Crippen molar-refractivity contribution in [2.45, 2.75) is 33.3 Å². The molecular weight excluding hydrogens is 1150 g/mol. The van der Waals surface area contributed by atoms with Crippen molar-refractivity contribution in [3.8, 4) is 5.75 Å². The fourth-order valence-corrected chi connectivity index (χ4v) is 13.9. The number of fused-ring (bicyclic) bond motifs is 5. The molecule has 0 N–H and O–H groups in total. The number of carbonyl (C=O) groups excluding carboxylic acids is 4. The zero-order chi connectivity index (χ0) is 63.6. The van der Waals surface area contributed by atoms with Crippen LogP contribution in [0.25, 0.3) is 60.8 Å². The van der Waals surface area contributed by atoms with Crippen molar-refractivity contribution < 1.29 is 23.9 Å². The number of Topliss-reactive ketones (excluding diaryl/α,β-unsaturated/α-hetero) is 4. The summed E-state index contributed by atoms with van der Waals surface area (Å²) in [7, 11) is 0. The Bertz CT molecular complexity index is 5320. The Hall–Kier alpha value is -12.1. The summed E-state index contributed by atoms with van der Waals surface area (Å²) in [6, 6.07) is 90.6. The van der Waals surface area contributed by atoms with Gasteiger partial charge in [0.2, 0.25) is 0 Å². The molecule has 17 rings (SSSR count). The Morgan fingerprint density at radius 2 is 0.904 bits per heavy atom. The molecule has 7 heteroatoms. The van der Waals surface area contributed by atoms with Gasteiger partial charge in [-0.3, -0.25) is 19.2 Å². The van der Waals surface area contributed by atoms with E-state index in [1.54, 1.807) is 18.2 Å². The van der Waals surface area contributed by atoms with Gasteiger partial charge in [0, 0.05) is 61.8 Å². The van der Waals surface area contributed by atoms with Gasteiger partial charge in [0.25, 0.3) is 0 Å². The van der Waals surface area contributed by atoms with Gasteiger partial charge in [-0.15, -0.1) is 0 Å². The number of carbonyl (C=O) groups is 4. The molecule has 0 aromatic heterocycles. The summed E-state index contributed by atoms with van der Waals surface area (Å²) in [5.74, 6) is -0.193. The number of nitrogens with zero attached hydrogens (tertiary/aromatic N) is 2. The molecule has 0 bridgehead atoms. The first kappa shape index (κ1) is 57.1. The molecule has 0 spiro atoms. The molecule has 0 amide bonds. The minimum atomic E-state index is -0.253. The van der Waals surface area contributed by atoms with Gasteiger partial charge in [-0.2, -0.15) is 0 Å². The van der Waals surface area contributed by atoms with E-state index in [1.165, 1.54) is 44.0 Å². The first-order chi connectivity index (χ1) is 46.0. The normalized spacial score (nSPS) is 13.6. The Kier molecular flexibility index (Phi) is 14.4. The predicted octanol–water partition coefficient (Wildman–Crippen LogP) is 21.3. The van der Waals surface area contributed by atoms with Gasteiger partial charge >= 0.3 is 0 Å². The van der Waals surface area contributed by atoms with Crippen molar-refractivity contribution in [3.05, 3.63) is 357 Å². The van der Waals surface area contributed by atoms with Crippen LogP contribution < -0.4 is 14.5 Å². The third-order valence-corrected chi connectivity index (χ3v) is 18.5. The maximum atomic E-state index is 13.7. The average Bonchev–Trinajstić information content (AvgIpc) is 0.798. The number of aryl methyl sites for hydroxylation is 2. The molecule has 4 aliphatic rings. The maximum Gasteiger partial charge on any atom is 0.197 e. The molecule has 0 unspecified atom stereocenters. The van der Waals surface area contributed by atoms with Gasteiger partial charge in [-0.1, -0.05) is 193 Å². The van der Waals surface area contributed by atoms with Crippen molar-refractivity contribution in [2.24, 2.45) is 0 Å². The lowest BCUT2D eigenvalue weighted by molar-refractivity contribution is 0.0974. The summed E-state index contributed by atoms with van der Waals surface area (Å²) < 4.78 is 6.56. The Morgan fingerprint density at radius 1 is 0.404 bits per heavy atom. The zero-order valence-electron chi connectivity index (χ0n) is 51.8. The number of allylic oxidation sites excluding steroid dienone is 6. The van der Waals surface area contributed by atoms with Crippen LogP contribution in [-0.2, 0) is 13.0 Å². The fourth-order valence-electron chi connectivity index (χ4n) is 13.9. The van der Waals surface area contributed by atoms with E-state index < -0.39 is 0 Å². The monoisotopic (exact) mass is 1210 g/mol. The van der Waals surface area contributed by atoms with Crippen LogP contribution in [0.5, 0.6) is 5.75 Å². The van der Waals surface area contributed by atoms with Crippen LogP contribution in [0.4, 0.5) is 34.1 Å². The molecule has 0 saturated heterocycles. The average molecular weight is 1210 g/mol. The zero-order valence-corrected chi connectivity index (χ0v) is 51.8. The number of ether oxygens (including phenoxy) is 1. The lowest BCUT2D eigenvalue weighted by atomic mass is 9.78. The molecule has 0 saturated carbocycles. The lowest BCUT2D eigenvalue weighted by Crippen LogP contribution is -2.12. The summed E-state index contributed by atoms with van der Waals surface area (Å²) in [6.45, 7) is 4.60. The van der Waals surface area contributed by atoms with E-state index >= 15 is 0 Å². The van der Waals surface area contributed by atoms with Crippen molar-refractivity contribution >= 4 is 118 Å². The van der Waals surface area contributed by atoms with E-state index in [4.69, 9.17) is 4.74 Å². The Balaban J connectivity index is 0.000000151. The molecule has 13 aromatic rings. The highest BCUT2D eigenvalue weighted by molar-refractivity contribution is 6.42. The third-order valence-electron chi connectivity index (χ3n) is 18.5. The van der Waals surface area contributed by atoms with Crippen molar-refractivity contribution in [1.82, 2.24) is 0 Å². The van der Waals surface area contributed by atoms with E-state index in [1.807, 2.05) is 115 Å². The molecule has 0 atom stereocenters. The van der Waals surface area contributed by atoms with Gasteiger partial charge in [-0.25, -0.2) is 0 Å². The molecule has 7 nitrogen and oxygen atoms in total. The summed E-state index contributed by atoms with van der Waals surface area (Å²) >= 11 is 0. The minimum Gasteiger partial charge on any atom is -0.488 e. The van der Waals surface area contributed by atoms with Crippen LogP contribution in [-0.4, -0.2) is 23.1 Å². The van der Waals surface area contributed by atoms with Gasteiger partial charge in [0.05, 0.1) is 11.1 Å². The largest absolute Gasteiger partial charge is 0.488 e. The van der Waals surface area contributed by atoms with Crippen LogP contribution in [0, 0.1) is 13.8 Å². The van der Waals surface area contributed by atoms with Gasteiger partial charge in [-0.05, 0) is 213 Å². The number of para-hydroxylation sites is 1. The minimum absolute atomic E-state index is 0.164. The first-order valence-corrected chi connectivity index (χ1v) is 31.8. The number of anilines is 6. The topological polar surface area (TPSA) is 84.0 Å². The van der Waals surface area contributed by atoms with Crippen LogP contribution in [0.15, 0.2) is 296 Å². The molecule has 448 valence electrons. The smallest absolute Gasteiger partial charge is 0.197 e. The van der Waals surface area contributed by atoms with Crippen LogP contribution in [0.3, 0.4) is 0 Å². The van der Waals surface area contributed by atoms with Crippen LogP contribution in [0.1, 0.15) is 86.8 Å². The second kappa shape index (κ2) is 23.6. The van der Waals surface area contributed by atoms with Gasteiger partial charge < -0.3 is 14.5 Å². The number of rotatable bonds is 11. The van der Waals surface area contributed by atoms with E-state index in [9.17, 15) is 19.2 Å². The molecular formula is C87H60N2O5. The highest BCUT2D eigenvalue weighted by Gasteiger charge is 2.35. The summed E-state index contributed by atoms with van der Waals surface area (Å²) in [5.41, 5.74) is 19.0. The van der Waals surface area contributed by atoms with Gasteiger partial charge in [0.15, 0.2) is 23.1 Å². The number of ketones is 4. The second-order valence-electron chi connectivity index (χ2n) is 24.7. The van der Waals surface area contributed by atoms with Crippen molar-refractivity contribution in [2.75, 3.05) is 9.80 Å². The first-order valence-electron chi connectivity index (χ1n) is 31.8. The van der Waals surface area contributed by atoms with E-state index in [-0.39, 0.29) is 34.3 Å². The molecule has 0 radical (unpaired) electrons. The van der Waals surface area contributed by atoms with E-state index in [0.717, 1.165) is 89.7 Å². The highest BCUT2D eigenvalue weighted by atomic mass is 16.5. The highest BCUT2D eigenvalue weighted by Crippen LogP contribution is 2.47. The molecule has 0 fully saturated rings. The fraction of sp³-hybridized carbons (Fsp3) is 0.0575. The number of hydrogen-bond donors (Lipinski definition) is 0. The second-order valence-corrected chi connectivity index (χ2v) is 24.7. The number of benzene rings is 13. The molecule has 94 heavy (non-hydrogen) atoms. The maximum absolute atomic E-state index is 13.7. The quantitative estimate of drug-likeness (QED) is 0.0942. The SMILES string of the molecule is Cc1ccc(N(c2ccc(C)cc2)c2cc3c4c5c(ccc4c2)C=C(C=C2C(=O)c4ccccc4C2=O)CC5=CC3)cc1.O=C1C(=Cc2cc(OCc3ccccc3)c3cc(N(c4ccccc4)c4ccc5ccccc5c4)ccc3c2)C(=O)c2cc3ccccc3cc21. The third kappa shape index (κ3) is 10.5. The van der Waals surface area contributed by atoms with Crippen LogP contribution >= 0.6 is 0 Å². The van der Waals surface area contributed by atoms with Crippen molar-refractivity contribution in [1.29, 1.82) is 0 Å². The predicted molar refractivity (Wildman–Crippen MR) is 383 cm³/mol. The Morgan fingerprint density at radius 3 is 1.55 bits per heavy atom. The summed E-state index contributed by atoms with van der Waals surface area (Å²) in [4.78, 5) is 58.0. The molecule has 0 aliphatic heterocycles. The molecule has 0 heterocycles. The lowest BCUT2D eigenvalue weighted by Gasteiger charge is -2.29.